The summed E-state index contributed by atoms with van der Waals surface area (Å²) >= 11 is 0. The van der Waals surface area contributed by atoms with Gasteiger partial charge in [0, 0.05) is 39.3 Å². The summed E-state index contributed by atoms with van der Waals surface area (Å²) in [6, 6.07) is 0. The Bertz CT molecular complexity index is 1470. The van der Waals surface area contributed by atoms with Crippen molar-refractivity contribution < 1.29 is 27.9 Å². The molecule has 0 aromatic carbocycles. The van der Waals surface area contributed by atoms with E-state index in [0.717, 1.165) is 23.1 Å². The van der Waals surface area contributed by atoms with Crippen molar-refractivity contribution in [3.05, 3.63) is 42.0 Å². The van der Waals surface area contributed by atoms with E-state index in [2.05, 4.69) is 20.4 Å². The predicted molar refractivity (Wildman–Crippen MR) is 140 cm³/mol. The first-order chi connectivity index (χ1) is 18.9. The SMILES string of the molecule is CC(C)(C)OC(=O)N1CC(C(=O)N2CCN(c3c(F)cncc3NC(=O)c3c(N)nn4cc(F)cnc34)CC2)C1. The zero-order valence-corrected chi connectivity index (χ0v) is 22.2. The van der Waals surface area contributed by atoms with Crippen LogP contribution in [0.4, 0.5) is 30.8 Å². The van der Waals surface area contributed by atoms with Crippen LogP contribution in [0, 0.1) is 17.6 Å². The van der Waals surface area contributed by atoms with Gasteiger partial charge in [0.2, 0.25) is 5.91 Å². The molecule has 3 amide bonds. The first-order valence-corrected chi connectivity index (χ1v) is 12.7. The number of anilines is 3. The van der Waals surface area contributed by atoms with Gasteiger partial charge in [0.1, 0.15) is 16.9 Å². The molecule has 0 saturated carbocycles. The standard InChI is InChI=1S/C25H29F2N9O4/c1-25(2,3)40-24(39)35-11-14(12-35)23(38)34-6-4-33(5-7-34)19-16(27)9-29-10-17(19)31-22(37)18-20(28)32-36-13-15(26)8-30-21(18)36/h8-10,13-14H,4-7,11-12H2,1-3H3,(H2,28,32)(H,31,37). The van der Waals surface area contributed by atoms with E-state index in [1.165, 1.54) is 11.1 Å². The monoisotopic (exact) mass is 557 g/mol. The summed E-state index contributed by atoms with van der Waals surface area (Å²) in [6.07, 6.45) is 3.86. The van der Waals surface area contributed by atoms with Crippen LogP contribution in [0.5, 0.6) is 0 Å². The van der Waals surface area contributed by atoms with Crippen molar-refractivity contribution >= 4 is 40.7 Å². The van der Waals surface area contributed by atoms with E-state index in [1.807, 2.05) is 0 Å². The van der Waals surface area contributed by atoms with Crippen LogP contribution in [0.2, 0.25) is 0 Å². The third-order valence-corrected chi connectivity index (χ3v) is 6.61. The molecular weight excluding hydrogens is 528 g/mol. The van der Waals surface area contributed by atoms with Gasteiger partial charge in [-0.15, -0.1) is 5.10 Å². The quantitative estimate of drug-likeness (QED) is 0.489. The van der Waals surface area contributed by atoms with E-state index in [1.54, 1.807) is 30.6 Å². The number of nitrogens with one attached hydrogen (secondary N) is 1. The normalized spacial score (nSPS) is 16.2. The Labute approximate surface area is 227 Å². The molecule has 3 aromatic heterocycles. The molecule has 0 radical (unpaired) electrons. The van der Waals surface area contributed by atoms with Crippen molar-refractivity contribution in [2.45, 2.75) is 26.4 Å². The third-order valence-electron chi connectivity index (χ3n) is 6.61. The highest BCUT2D eigenvalue weighted by Crippen LogP contribution is 2.31. The predicted octanol–water partition coefficient (Wildman–Crippen LogP) is 1.75. The fraction of sp³-hybridized carbons (Fsp3) is 0.440. The number of hydrogen-bond acceptors (Lipinski definition) is 9. The van der Waals surface area contributed by atoms with Crippen LogP contribution in [-0.4, -0.2) is 92.2 Å². The number of nitrogens with zero attached hydrogens (tertiary/aromatic N) is 7. The highest BCUT2D eigenvalue weighted by molar-refractivity contribution is 6.12. The molecule has 3 N–H and O–H groups in total. The highest BCUT2D eigenvalue weighted by Gasteiger charge is 2.40. The van der Waals surface area contributed by atoms with Crippen LogP contribution >= 0.6 is 0 Å². The molecule has 2 aliphatic rings. The van der Waals surface area contributed by atoms with Gasteiger partial charge in [-0.2, -0.15) is 0 Å². The maximum atomic E-state index is 15.0. The largest absolute Gasteiger partial charge is 0.444 e. The van der Waals surface area contributed by atoms with E-state index in [4.69, 9.17) is 10.5 Å². The lowest BCUT2D eigenvalue weighted by atomic mass is 9.98. The second-order valence-corrected chi connectivity index (χ2v) is 10.7. The van der Waals surface area contributed by atoms with Crippen LogP contribution in [-0.2, 0) is 9.53 Å². The van der Waals surface area contributed by atoms with Crippen molar-refractivity contribution in [2.75, 3.05) is 55.2 Å². The summed E-state index contributed by atoms with van der Waals surface area (Å²) in [4.78, 5) is 50.9. The summed E-state index contributed by atoms with van der Waals surface area (Å²) < 4.78 is 34.9. The molecule has 0 atom stereocenters. The number of piperazine rings is 1. The van der Waals surface area contributed by atoms with Gasteiger partial charge in [0.15, 0.2) is 23.1 Å². The van der Waals surface area contributed by atoms with Crippen molar-refractivity contribution in [1.29, 1.82) is 0 Å². The Morgan fingerprint density at radius 3 is 2.42 bits per heavy atom. The average Bonchev–Trinajstić information content (AvgIpc) is 3.17. The van der Waals surface area contributed by atoms with Crippen LogP contribution in [0.25, 0.3) is 5.65 Å². The van der Waals surface area contributed by atoms with Gasteiger partial charge < -0.3 is 30.5 Å². The van der Waals surface area contributed by atoms with Crippen LogP contribution in [0.3, 0.4) is 0 Å². The number of amides is 3. The first kappa shape index (κ1) is 27.0. The molecule has 2 fully saturated rings. The zero-order chi connectivity index (χ0) is 28.8. The van der Waals surface area contributed by atoms with E-state index < -0.39 is 29.2 Å². The highest BCUT2D eigenvalue weighted by atomic mass is 19.1. The molecule has 5 heterocycles. The number of pyridine rings is 1. The van der Waals surface area contributed by atoms with Crippen molar-refractivity contribution in [3.63, 3.8) is 0 Å². The molecule has 0 spiro atoms. The molecule has 0 aliphatic carbocycles. The smallest absolute Gasteiger partial charge is 0.410 e. The van der Waals surface area contributed by atoms with Crippen molar-refractivity contribution in [1.82, 2.24) is 29.4 Å². The summed E-state index contributed by atoms with van der Waals surface area (Å²) in [5, 5.41) is 6.53. The number of carbonyl (C=O) groups is 3. The average molecular weight is 558 g/mol. The molecule has 2 aliphatic heterocycles. The molecule has 2 saturated heterocycles. The summed E-state index contributed by atoms with van der Waals surface area (Å²) in [7, 11) is 0. The number of rotatable bonds is 4. The van der Waals surface area contributed by atoms with Gasteiger partial charge >= 0.3 is 6.09 Å². The van der Waals surface area contributed by atoms with Gasteiger partial charge in [-0.1, -0.05) is 0 Å². The molecular formula is C25H29F2N9O4. The summed E-state index contributed by atoms with van der Waals surface area (Å²) in [5.74, 6) is -2.59. The van der Waals surface area contributed by atoms with Gasteiger partial charge in [0.25, 0.3) is 5.91 Å². The number of nitrogen functional groups attached to an aromatic ring is 1. The van der Waals surface area contributed by atoms with Gasteiger partial charge in [-0.3, -0.25) is 14.6 Å². The minimum Gasteiger partial charge on any atom is -0.444 e. The molecule has 13 nitrogen and oxygen atoms in total. The van der Waals surface area contributed by atoms with Gasteiger partial charge in [-0.05, 0) is 20.8 Å². The molecule has 40 heavy (non-hydrogen) atoms. The number of likely N-dealkylation sites (tertiary alicyclic amines) is 1. The number of ether oxygens (including phenoxy) is 1. The number of halogens is 2. The number of carbonyl (C=O) groups excluding carboxylic acids is 3. The van der Waals surface area contributed by atoms with E-state index >= 15 is 4.39 Å². The molecule has 0 bridgehead atoms. The zero-order valence-electron chi connectivity index (χ0n) is 22.2. The second kappa shape index (κ2) is 10.2. The van der Waals surface area contributed by atoms with Crippen molar-refractivity contribution in [3.8, 4) is 0 Å². The third kappa shape index (κ3) is 5.31. The Morgan fingerprint density at radius 2 is 1.75 bits per heavy atom. The lowest BCUT2D eigenvalue weighted by molar-refractivity contribution is -0.140. The molecule has 3 aromatic rings. The van der Waals surface area contributed by atoms with E-state index in [-0.39, 0.29) is 53.3 Å². The fourth-order valence-corrected chi connectivity index (χ4v) is 4.69. The van der Waals surface area contributed by atoms with Crippen LogP contribution < -0.4 is 16.0 Å². The minimum absolute atomic E-state index is 0.0377. The second-order valence-electron chi connectivity index (χ2n) is 10.7. The lowest BCUT2D eigenvalue weighted by Gasteiger charge is -2.43. The number of nitrogens with two attached hydrogens (primary N) is 1. The number of hydrogen-bond donors (Lipinski definition) is 2. The minimum atomic E-state index is -0.714. The van der Waals surface area contributed by atoms with Gasteiger partial charge in [-0.25, -0.2) is 23.1 Å². The molecule has 15 heteroatoms. The Kier molecular flexibility index (Phi) is 6.89. The topological polar surface area (TPSA) is 151 Å². The maximum absolute atomic E-state index is 15.0. The van der Waals surface area contributed by atoms with Crippen molar-refractivity contribution in [2.24, 2.45) is 5.92 Å². The van der Waals surface area contributed by atoms with Crippen LogP contribution in [0.15, 0.2) is 24.8 Å². The first-order valence-electron chi connectivity index (χ1n) is 12.7. The lowest BCUT2D eigenvalue weighted by Crippen LogP contribution is -2.59. The number of fused-ring (bicyclic) bond motifs is 1. The Morgan fingerprint density at radius 1 is 1.05 bits per heavy atom. The molecule has 212 valence electrons. The van der Waals surface area contributed by atoms with Crippen LogP contribution in [0.1, 0.15) is 31.1 Å². The molecule has 5 rings (SSSR count). The number of aromatic nitrogens is 4. The Balaban J connectivity index is 1.23. The summed E-state index contributed by atoms with van der Waals surface area (Å²) in [6.45, 7) is 7.18. The van der Waals surface area contributed by atoms with E-state index in [9.17, 15) is 18.8 Å². The maximum Gasteiger partial charge on any atom is 0.410 e. The Hall–Kier alpha value is -4.56. The fourth-order valence-electron chi connectivity index (χ4n) is 4.69. The van der Waals surface area contributed by atoms with Gasteiger partial charge in [0.05, 0.1) is 36.4 Å². The van der Waals surface area contributed by atoms with E-state index in [0.29, 0.717) is 26.2 Å². The summed E-state index contributed by atoms with van der Waals surface area (Å²) in [5.41, 5.74) is 5.43. The molecule has 0 unspecified atom stereocenters.